The van der Waals surface area contributed by atoms with E-state index >= 15 is 0 Å². The molecule has 158 valence electrons. The summed E-state index contributed by atoms with van der Waals surface area (Å²) >= 11 is 0. The second-order valence-electron chi connectivity index (χ2n) is 8.59. The average Bonchev–Trinajstić information content (AvgIpc) is 3.07. The monoisotopic (exact) mass is 407 g/mol. The van der Waals surface area contributed by atoms with Crippen LogP contribution in [-0.4, -0.2) is 63.6 Å². The Kier molecular flexibility index (Phi) is 5.58. The SMILES string of the molecule is CN1CCCN(c2cc(CC(=O)c3ccc(C(C)(C)O)cc3)nc3ccnn23)CC1. The molecule has 1 saturated heterocycles. The zero-order valence-electron chi connectivity index (χ0n) is 17.9. The van der Waals surface area contributed by atoms with Crippen LogP contribution in [0.3, 0.4) is 0 Å². The van der Waals surface area contributed by atoms with Crippen molar-refractivity contribution >= 4 is 17.2 Å². The Morgan fingerprint density at radius 1 is 1.10 bits per heavy atom. The van der Waals surface area contributed by atoms with E-state index in [1.165, 1.54) is 0 Å². The maximum atomic E-state index is 12.9. The van der Waals surface area contributed by atoms with Crippen LogP contribution < -0.4 is 4.90 Å². The van der Waals surface area contributed by atoms with E-state index in [4.69, 9.17) is 0 Å². The van der Waals surface area contributed by atoms with Crippen LogP contribution in [0.15, 0.2) is 42.6 Å². The zero-order valence-corrected chi connectivity index (χ0v) is 17.9. The molecule has 0 atom stereocenters. The first-order valence-corrected chi connectivity index (χ1v) is 10.4. The van der Waals surface area contributed by atoms with Crippen LogP contribution in [0.4, 0.5) is 5.82 Å². The number of Topliss-reactive ketones (excluding diaryl/α,β-unsaturated/α-hetero) is 1. The van der Waals surface area contributed by atoms with Gasteiger partial charge in [0.2, 0.25) is 0 Å². The molecule has 1 aliphatic heterocycles. The topological polar surface area (TPSA) is 74.0 Å². The van der Waals surface area contributed by atoms with Gasteiger partial charge in [0, 0.05) is 37.3 Å². The van der Waals surface area contributed by atoms with Gasteiger partial charge in [-0.05, 0) is 39.4 Å². The average molecular weight is 408 g/mol. The van der Waals surface area contributed by atoms with E-state index in [0.29, 0.717) is 5.56 Å². The fourth-order valence-electron chi connectivity index (χ4n) is 3.87. The smallest absolute Gasteiger partial charge is 0.168 e. The van der Waals surface area contributed by atoms with Gasteiger partial charge < -0.3 is 14.9 Å². The van der Waals surface area contributed by atoms with Crippen molar-refractivity contribution in [1.29, 1.82) is 0 Å². The summed E-state index contributed by atoms with van der Waals surface area (Å²) in [6.07, 6.45) is 3.06. The van der Waals surface area contributed by atoms with Crippen molar-refractivity contribution in [2.45, 2.75) is 32.3 Å². The van der Waals surface area contributed by atoms with Gasteiger partial charge in [0.1, 0.15) is 5.82 Å². The highest BCUT2D eigenvalue weighted by Crippen LogP contribution is 2.22. The van der Waals surface area contributed by atoms with Crippen molar-refractivity contribution in [1.82, 2.24) is 19.5 Å². The quantitative estimate of drug-likeness (QED) is 0.655. The predicted molar refractivity (Wildman–Crippen MR) is 117 cm³/mol. The third-order valence-electron chi connectivity index (χ3n) is 5.69. The van der Waals surface area contributed by atoms with Crippen molar-refractivity contribution in [3.8, 4) is 0 Å². The van der Waals surface area contributed by atoms with Gasteiger partial charge in [-0.2, -0.15) is 9.61 Å². The molecule has 0 unspecified atom stereocenters. The van der Waals surface area contributed by atoms with Crippen LogP contribution in [0, 0.1) is 0 Å². The second-order valence-corrected chi connectivity index (χ2v) is 8.59. The first-order valence-electron chi connectivity index (χ1n) is 10.4. The lowest BCUT2D eigenvalue weighted by atomic mass is 9.96. The Morgan fingerprint density at radius 2 is 1.87 bits per heavy atom. The molecule has 0 amide bonds. The number of nitrogens with zero attached hydrogens (tertiary/aromatic N) is 5. The Bertz CT molecular complexity index is 1040. The molecule has 1 aliphatic rings. The van der Waals surface area contributed by atoms with E-state index in [9.17, 15) is 9.90 Å². The minimum Gasteiger partial charge on any atom is -0.386 e. The number of carbonyl (C=O) groups excluding carboxylic acids is 1. The summed E-state index contributed by atoms with van der Waals surface area (Å²) in [6.45, 7) is 7.41. The van der Waals surface area contributed by atoms with E-state index in [2.05, 4.69) is 26.9 Å². The molecule has 0 bridgehead atoms. The number of anilines is 1. The Labute approximate surface area is 176 Å². The van der Waals surface area contributed by atoms with Crippen molar-refractivity contribution in [2.75, 3.05) is 38.1 Å². The maximum Gasteiger partial charge on any atom is 0.168 e. The molecule has 2 aromatic heterocycles. The Balaban J connectivity index is 1.59. The molecule has 3 aromatic rings. The fourth-order valence-corrected chi connectivity index (χ4v) is 3.87. The number of aliphatic hydroxyl groups is 1. The van der Waals surface area contributed by atoms with E-state index < -0.39 is 5.60 Å². The molecule has 1 aromatic carbocycles. The van der Waals surface area contributed by atoms with Crippen LogP contribution in [0.2, 0.25) is 0 Å². The molecular formula is C23H29N5O2. The first kappa shape index (κ1) is 20.5. The number of benzene rings is 1. The van der Waals surface area contributed by atoms with Crippen LogP contribution in [0.25, 0.3) is 5.65 Å². The highest BCUT2D eigenvalue weighted by atomic mass is 16.3. The Hall–Kier alpha value is -2.77. The highest BCUT2D eigenvalue weighted by Gasteiger charge is 2.19. The van der Waals surface area contributed by atoms with Crippen molar-refractivity contribution in [3.05, 3.63) is 59.4 Å². The largest absolute Gasteiger partial charge is 0.386 e. The molecular weight excluding hydrogens is 378 g/mol. The third kappa shape index (κ3) is 4.37. The van der Waals surface area contributed by atoms with Gasteiger partial charge in [0.15, 0.2) is 11.4 Å². The lowest BCUT2D eigenvalue weighted by Crippen LogP contribution is -2.30. The number of aromatic nitrogens is 3. The number of fused-ring (bicyclic) bond motifs is 1. The fraction of sp³-hybridized carbons (Fsp3) is 0.435. The minimum atomic E-state index is -0.924. The lowest BCUT2D eigenvalue weighted by molar-refractivity contribution is 0.0784. The highest BCUT2D eigenvalue weighted by molar-refractivity contribution is 5.97. The van der Waals surface area contributed by atoms with Crippen LogP contribution in [-0.2, 0) is 12.0 Å². The summed E-state index contributed by atoms with van der Waals surface area (Å²) < 4.78 is 1.86. The summed E-state index contributed by atoms with van der Waals surface area (Å²) in [5, 5.41) is 14.6. The molecule has 0 saturated carbocycles. The molecule has 30 heavy (non-hydrogen) atoms. The van der Waals surface area contributed by atoms with Crippen LogP contribution in [0.1, 0.15) is 41.9 Å². The standard InChI is InChI=1S/C23H29N5O2/c1-23(2,30)18-7-5-17(6-8-18)20(29)15-19-16-22(28-21(25-19)9-10-24-28)27-12-4-11-26(3)13-14-27/h5-10,16,30H,4,11-15H2,1-3H3. The molecule has 4 rings (SSSR count). The van der Waals surface area contributed by atoms with E-state index in [-0.39, 0.29) is 12.2 Å². The summed E-state index contributed by atoms with van der Waals surface area (Å²) in [7, 11) is 2.15. The summed E-state index contributed by atoms with van der Waals surface area (Å²) in [5.41, 5.74) is 1.98. The number of carbonyl (C=O) groups is 1. The molecule has 1 N–H and O–H groups in total. The zero-order chi connectivity index (χ0) is 21.3. The van der Waals surface area contributed by atoms with Gasteiger partial charge in [0.05, 0.1) is 23.9 Å². The van der Waals surface area contributed by atoms with Gasteiger partial charge in [-0.25, -0.2) is 4.98 Å². The van der Waals surface area contributed by atoms with Gasteiger partial charge in [-0.15, -0.1) is 0 Å². The molecule has 1 fully saturated rings. The first-order chi connectivity index (χ1) is 14.3. The van der Waals surface area contributed by atoms with E-state index in [1.54, 1.807) is 44.3 Å². The van der Waals surface area contributed by atoms with Gasteiger partial charge in [-0.3, -0.25) is 4.79 Å². The van der Waals surface area contributed by atoms with Crippen molar-refractivity contribution in [2.24, 2.45) is 0 Å². The third-order valence-corrected chi connectivity index (χ3v) is 5.69. The van der Waals surface area contributed by atoms with Crippen molar-refractivity contribution in [3.63, 3.8) is 0 Å². The van der Waals surface area contributed by atoms with Crippen LogP contribution in [0.5, 0.6) is 0 Å². The van der Waals surface area contributed by atoms with Gasteiger partial charge in [-0.1, -0.05) is 24.3 Å². The summed E-state index contributed by atoms with van der Waals surface area (Å²) in [4.78, 5) is 22.2. The van der Waals surface area contributed by atoms with Crippen LogP contribution >= 0.6 is 0 Å². The maximum absolute atomic E-state index is 12.9. The molecule has 3 heterocycles. The molecule has 0 radical (unpaired) electrons. The van der Waals surface area contributed by atoms with Crippen molar-refractivity contribution < 1.29 is 9.90 Å². The summed E-state index contributed by atoms with van der Waals surface area (Å²) in [5.74, 6) is 0.996. The minimum absolute atomic E-state index is 0.00945. The Morgan fingerprint density at radius 3 is 2.60 bits per heavy atom. The number of ketones is 1. The van der Waals surface area contributed by atoms with E-state index in [0.717, 1.165) is 55.3 Å². The van der Waals surface area contributed by atoms with Gasteiger partial charge >= 0.3 is 0 Å². The molecule has 7 heteroatoms. The second kappa shape index (κ2) is 8.16. The predicted octanol–water partition coefficient (Wildman–Crippen LogP) is 2.52. The molecule has 7 nitrogen and oxygen atoms in total. The lowest BCUT2D eigenvalue weighted by Gasteiger charge is -2.23. The normalized spacial score (nSPS) is 16.1. The number of likely N-dealkylation sites (N-methyl/N-ethyl adjacent to an activating group) is 1. The number of hydrogen-bond acceptors (Lipinski definition) is 6. The number of hydrogen-bond donors (Lipinski definition) is 1. The molecule has 0 aliphatic carbocycles. The van der Waals surface area contributed by atoms with Gasteiger partial charge in [0.25, 0.3) is 0 Å². The van der Waals surface area contributed by atoms with E-state index in [1.807, 2.05) is 16.6 Å². The molecule has 0 spiro atoms. The number of rotatable bonds is 5. The summed E-state index contributed by atoms with van der Waals surface area (Å²) in [6, 6.07) is 11.0.